The maximum atomic E-state index is 5.66. The molecule has 3 rings (SSSR count). The molecule has 0 spiro atoms. The average molecular weight is 337 g/mol. The third kappa shape index (κ3) is 3.73. The molecule has 2 aromatic heterocycles. The predicted molar refractivity (Wildman–Crippen MR) is 97.9 cm³/mol. The first-order valence-corrected chi connectivity index (χ1v) is 7.90. The minimum atomic E-state index is -0.130. The molecule has 0 saturated heterocycles. The third-order valence-electron chi connectivity index (χ3n) is 3.06. The van der Waals surface area contributed by atoms with E-state index in [1.807, 2.05) is 41.8 Å². The molecular weight excluding hydrogens is 322 g/mol. The van der Waals surface area contributed by atoms with Crippen molar-refractivity contribution in [3.05, 3.63) is 54.2 Å². The minimum Gasteiger partial charge on any atom is -0.370 e. The summed E-state index contributed by atoms with van der Waals surface area (Å²) < 4.78 is 0. The molecule has 2 heterocycles. The van der Waals surface area contributed by atoms with E-state index in [2.05, 4.69) is 20.0 Å². The number of aliphatic imine (C=N–C) groups is 2. The molecule has 0 bridgehead atoms. The summed E-state index contributed by atoms with van der Waals surface area (Å²) in [5, 5.41) is 2.90. The fourth-order valence-electron chi connectivity index (χ4n) is 2.06. The highest BCUT2D eigenvalue weighted by molar-refractivity contribution is 7.13. The Morgan fingerprint density at radius 2 is 1.79 bits per heavy atom. The SMILES string of the molecule is NC(N)=NC(N)=Nc1cccc(-c2nc(-c3ccncc3)cs2)c1. The Morgan fingerprint density at radius 1 is 1.00 bits per heavy atom. The van der Waals surface area contributed by atoms with Gasteiger partial charge in [-0.05, 0) is 24.3 Å². The largest absolute Gasteiger partial charge is 0.370 e. The van der Waals surface area contributed by atoms with Crippen molar-refractivity contribution in [3.63, 3.8) is 0 Å². The number of nitrogens with two attached hydrogens (primary N) is 3. The van der Waals surface area contributed by atoms with Gasteiger partial charge in [-0.1, -0.05) is 12.1 Å². The summed E-state index contributed by atoms with van der Waals surface area (Å²) >= 11 is 1.56. The van der Waals surface area contributed by atoms with Crippen molar-refractivity contribution in [2.45, 2.75) is 0 Å². The number of hydrogen-bond acceptors (Lipinski definition) is 4. The normalized spacial score (nSPS) is 11.2. The lowest BCUT2D eigenvalue weighted by molar-refractivity contribution is 1.31. The van der Waals surface area contributed by atoms with Gasteiger partial charge in [0.2, 0.25) is 5.96 Å². The molecule has 1 aromatic carbocycles. The maximum absolute atomic E-state index is 5.66. The summed E-state index contributed by atoms with van der Waals surface area (Å²) in [6, 6.07) is 11.4. The molecule has 6 N–H and O–H groups in total. The molecule has 8 heteroatoms. The number of hydrogen-bond donors (Lipinski definition) is 3. The highest BCUT2D eigenvalue weighted by Crippen LogP contribution is 2.30. The van der Waals surface area contributed by atoms with E-state index >= 15 is 0 Å². The van der Waals surface area contributed by atoms with Crippen molar-refractivity contribution in [1.29, 1.82) is 0 Å². The van der Waals surface area contributed by atoms with Crippen LogP contribution in [0.4, 0.5) is 5.69 Å². The second-order valence-corrected chi connectivity index (χ2v) is 5.69. The zero-order valence-corrected chi connectivity index (χ0v) is 13.4. The summed E-state index contributed by atoms with van der Waals surface area (Å²) in [5.41, 5.74) is 19.7. The van der Waals surface area contributed by atoms with Gasteiger partial charge < -0.3 is 17.2 Å². The lowest BCUT2D eigenvalue weighted by Crippen LogP contribution is -2.26. The number of aromatic nitrogens is 2. The van der Waals surface area contributed by atoms with Crippen LogP contribution in [0.25, 0.3) is 21.8 Å². The number of thiazole rings is 1. The van der Waals surface area contributed by atoms with Crippen LogP contribution in [-0.2, 0) is 0 Å². The highest BCUT2D eigenvalue weighted by Gasteiger charge is 2.07. The molecule has 0 amide bonds. The van der Waals surface area contributed by atoms with Crippen molar-refractivity contribution in [3.8, 4) is 21.8 Å². The summed E-state index contributed by atoms with van der Waals surface area (Å²) in [6.07, 6.45) is 3.49. The minimum absolute atomic E-state index is 0.00348. The standard InChI is InChI=1S/C16H15N7S/c17-15(18)23-16(19)21-12-3-1-2-11(8-12)14-22-13(9-24-14)10-4-6-20-7-5-10/h1-9H,(H6,17,18,19,21,23). The van der Waals surface area contributed by atoms with Gasteiger partial charge in [0, 0.05) is 28.9 Å². The van der Waals surface area contributed by atoms with Crippen LogP contribution in [0.3, 0.4) is 0 Å². The molecule has 0 saturated carbocycles. The molecule has 0 fully saturated rings. The number of pyridine rings is 1. The second kappa shape index (κ2) is 6.88. The van der Waals surface area contributed by atoms with Gasteiger partial charge in [0.1, 0.15) is 5.01 Å². The van der Waals surface area contributed by atoms with Gasteiger partial charge in [-0.25, -0.2) is 9.98 Å². The van der Waals surface area contributed by atoms with Crippen molar-refractivity contribution in [1.82, 2.24) is 9.97 Å². The first-order valence-electron chi connectivity index (χ1n) is 7.02. The molecular formula is C16H15N7S. The van der Waals surface area contributed by atoms with Crippen molar-refractivity contribution < 1.29 is 0 Å². The Morgan fingerprint density at radius 3 is 2.54 bits per heavy atom. The van der Waals surface area contributed by atoms with E-state index in [1.54, 1.807) is 23.7 Å². The summed E-state index contributed by atoms with van der Waals surface area (Å²) in [7, 11) is 0. The summed E-state index contributed by atoms with van der Waals surface area (Å²) in [4.78, 5) is 16.5. The van der Waals surface area contributed by atoms with Gasteiger partial charge in [0.05, 0.1) is 11.4 Å². The van der Waals surface area contributed by atoms with Gasteiger partial charge in [0.15, 0.2) is 5.96 Å². The molecule has 0 aliphatic carbocycles. The van der Waals surface area contributed by atoms with Crippen molar-refractivity contribution in [2.24, 2.45) is 27.2 Å². The number of benzene rings is 1. The van der Waals surface area contributed by atoms with E-state index in [4.69, 9.17) is 17.2 Å². The molecule has 0 aliphatic rings. The Bertz CT molecular complexity index is 896. The number of rotatable bonds is 3. The van der Waals surface area contributed by atoms with Gasteiger partial charge >= 0.3 is 0 Å². The van der Waals surface area contributed by atoms with E-state index in [0.717, 1.165) is 21.8 Å². The maximum Gasteiger partial charge on any atom is 0.223 e. The molecule has 24 heavy (non-hydrogen) atoms. The number of nitrogens with zero attached hydrogens (tertiary/aromatic N) is 4. The van der Waals surface area contributed by atoms with E-state index in [1.165, 1.54) is 0 Å². The van der Waals surface area contributed by atoms with Crippen LogP contribution in [-0.4, -0.2) is 21.9 Å². The highest BCUT2D eigenvalue weighted by atomic mass is 32.1. The zero-order valence-electron chi connectivity index (χ0n) is 12.6. The fourth-order valence-corrected chi connectivity index (χ4v) is 2.89. The first-order chi connectivity index (χ1) is 11.6. The van der Waals surface area contributed by atoms with Crippen LogP contribution < -0.4 is 17.2 Å². The van der Waals surface area contributed by atoms with Crippen LogP contribution in [0.5, 0.6) is 0 Å². The van der Waals surface area contributed by atoms with E-state index in [-0.39, 0.29) is 11.9 Å². The molecule has 7 nitrogen and oxygen atoms in total. The lowest BCUT2D eigenvalue weighted by Gasteiger charge is -2.00. The smallest absolute Gasteiger partial charge is 0.223 e. The van der Waals surface area contributed by atoms with E-state index in [9.17, 15) is 0 Å². The summed E-state index contributed by atoms with van der Waals surface area (Å²) in [6.45, 7) is 0. The fraction of sp³-hybridized carbons (Fsp3) is 0. The van der Waals surface area contributed by atoms with Gasteiger partial charge in [0.25, 0.3) is 0 Å². The van der Waals surface area contributed by atoms with E-state index < -0.39 is 0 Å². The predicted octanol–water partition coefficient (Wildman–Crippen LogP) is 2.09. The average Bonchev–Trinajstić information content (AvgIpc) is 3.05. The molecule has 0 aliphatic heterocycles. The van der Waals surface area contributed by atoms with Gasteiger partial charge in [-0.2, -0.15) is 4.99 Å². The quantitative estimate of drug-likeness (QED) is 0.498. The molecule has 0 unspecified atom stereocenters. The topological polar surface area (TPSA) is 129 Å². The van der Waals surface area contributed by atoms with Gasteiger partial charge in [-0.15, -0.1) is 11.3 Å². The monoisotopic (exact) mass is 337 g/mol. The molecule has 3 aromatic rings. The first kappa shape index (κ1) is 15.6. The molecule has 0 atom stereocenters. The Hall–Kier alpha value is -3.26. The second-order valence-electron chi connectivity index (χ2n) is 4.83. The third-order valence-corrected chi connectivity index (χ3v) is 3.95. The van der Waals surface area contributed by atoms with Gasteiger partial charge in [-0.3, -0.25) is 4.98 Å². The van der Waals surface area contributed by atoms with Crippen LogP contribution >= 0.6 is 11.3 Å². The summed E-state index contributed by atoms with van der Waals surface area (Å²) in [5.74, 6) is -0.127. The molecule has 120 valence electrons. The Kier molecular flexibility index (Phi) is 4.48. The zero-order chi connectivity index (χ0) is 16.9. The van der Waals surface area contributed by atoms with Crippen molar-refractivity contribution >= 4 is 28.9 Å². The van der Waals surface area contributed by atoms with Crippen molar-refractivity contribution in [2.75, 3.05) is 0 Å². The Balaban J connectivity index is 1.90. The lowest BCUT2D eigenvalue weighted by atomic mass is 10.2. The molecule has 0 radical (unpaired) electrons. The van der Waals surface area contributed by atoms with Crippen LogP contribution in [0, 0.1) is 0 Å². The van der Waals surface area contributed by atoms with Crippen LogP contribution in [0.2, 0.25) is 0 Å². The van der Waals surface area contributed by atoms with E-state index in [0.29, 0.717) is 5.69 Å². The van der Waals surface area contributed by atoms with Crippen LogP contribution in [0.1, 0.15) is 0 Å². The number of guanidine groups is 2. The van der Waals surface area contributed by atoms with Crippen LogP contribution in [0.15, 0.2) is 64.2 Å². The Labute approximate surface area is 142 Å².